The maximum absolute atomic E-state index is 12.5. The Morgan fingerprint density at radius 1 is 1.48 bits per heavy atom. The Kier molecular flexibility index (Phi) is 4.54. The number of anilines is 1. The number of hydrogen-bond donors (Lipinski definition) is 1. The highest BCUT2D eigenvalue weighted by molar-refractivity contribution is 7.90. The van der Waals surface area contributed by atoms with Gasteiger partial charge in [-0.2, -0.15) is 0 Å². The molecule has 1 atom stereocenters. The van der Waals surface area contributed by atoms with Gasteiger partial charge in [0.05, 0.1) is 24.2 Å². The molecule has 1 aromatic rings. The van der Waals surface area contributed by atoms with Gasteiger partial charge in [-0.25, -0.2) is 18.2 Å². The molecule has 2 heterocycles. The van der Waals surface area contributed by atoms with Gasteiger partial charge in [0.25, 0.3) is 0 Å². The van der Waals surface area contributed by atoms with Gasteiger partial charge in [-0.1, -0.05) is 12.8 Å². The van der Waals surface area contributed by atoms with E-state index in [1.807, 2.05) is 0 Å². The highest BCUT2D eigenvalue weighted by atomic mass is 32.2. The smallest absolute Gasteiger partial charge is 0.323 e. The minimum absolute atomic E-state index is 0.0781. The first kappa shape index (κ1) is 16.2. The first-order chi connectivity index (χ1) is 10.9. The molecule has 1 aromatic heterocycles. The fraction of sp³-hybridized carbons (Fsp3) is 0.600. The van der Waals surface area contributed by atoms with Crippen molar-refractivity contribution < 1.29 is 17.9 Å². The molecule has 8 heteroatoms. The van der Waals surface area contributed by atoms with Gasteiger partial charge in [-0.05, 0) is 24.5 Å². The second-order valence-electron chi connectivity index (χ2n) is 6.18. The van der Waals surface area contributed by atoms with E-state index < -0.39 is 9.84 Å². The summed E-state index contributed by atoms with van der Waals surface area (Å²) < 4.78 is 28.7. The molecule has 0 spiro atoms. The van der Waals surface area contributed by atoms with E-state index in [1.54, 1.807) is 4.90 Å². The van der Waals surface area contributed by atoms with Crippen LogP contribution in [0.1, 0.15) is 19.3 Å². The third-order valence-electron chi connectivity index (χ3n) is 4.19. The molecule has 1 saturated heterocycles. The lowest BCUT2D eigenvalue weighted by Gasteiger charge is -2.35. The van der Waals surface area contributed by atoms with Crippen molar-refractivity contribution in [2.75, 3.05) is 31.3 Å². The summed E-state index contributed by atoms with van der Waals surface area (Å²) in [6.45, 7) is 1.61. The zero-order chi connectivity index (χ0) is 16.4. The monoisotopic (exact) mass is 339 g/mol. The van der Waals surface area contributed by atoms with Crippen LogP contribution in [-0.2, 0) is 14.6 Å². The maximum Gasteiger partial charge on any atom is 0.323 e. The van der Waals surface area contributed by atoms with Crippen LogP contribution in [-0.4, -0.2) is 56.4 Å². The molecule has 1 aliphatic carbocycles. The third-order valence-corrected chi connectivity index (χ3v) is 5.30. The van der Waals surface area contributed by atoms with E-state index in [4.69, 9.17) is 4.74 Å². The Bertz CT molecular complexity index is 688. The van der Waals surface area contributed by atoms with Crippen molar-refractivity contribution in [3.8, 4) is 0 Å². The Morgan fingerprint density at radius 3 is 2.96 bits per heavy atom. The Balaban J connectivity index is 1.69. The van der Waals surface area contributed by atoms with E-state index in [9.17, 15) is 13.2 Å². The Hall–Kier alpha value is -1.67. The lowest BCUT2D eigenvalue weighted by Crippen LogP contribution is -2.50. The Morgan fingerprint density at radius 2 is 2.26 bits per heavy atom. The first-order valence-electron chi connectivity index (χ1n) is 7.75. The summed E-state index contributed by atoms with van der Waals surface area (Å²) in [5.74, 6) is 0.943. The number of aromatic nitrogens is 1. The van der Waals surface area contributed by atoms with Gasteiger partial charge in [-0.15, -0.1) is 0 Å². The summed E-state index contributed by atoms with van der Waals surface area (Å²) in [4.78, 5) is 18.5. The van der Waals surface area contributed by atoms with Crippen LogP contribution in [0.25, 0.3) is 0 Å². The molecule has 1 aliphatic heterocycles. The number of urea groups is 1. The van der Waals surface area contributed by atoms with E-state index in [0.29, 0.717) is 25.7 Å². The molecule has 0 radical (unpaired) electrons. The zero-order valence-electron chi connectivity index (χ0n) is 13.1. The van der Waals surface area contributed by atoms with E-state index >= 15 is 0 Å². The van der Waals surface area contributed by atoms with Crippen LogP contribution < -0.4 is 5.32 Å². The van der Waals surface area contributed by atoms with E-state index in [1.165, 1.54) is 31.2 Å². The summed E-state index contributed by atoms with van der Waals surface area (Å²) in [5.41, 5.74) is 0. The normalized spacial score (nSPS) is 22.0. The van der Waals surface area contributed by atoms with E-state index in [0.717, 1.165) is 12.7 Å². The number of carbonyl (C=O) groups is 1. The van der Waals surface area contributed by atoms with Gasteiger partial charge in [0.15, 0.2) is 9.84 Å². The molecule has 126 valence electrons. The Labute approximate surface area is 135 Å². The highest BCUT2D eigenvalue weighted by Crippen LogP contribution is 2.35. The molecular weight excluding hydrogens is 318 g/mol. The van der Waals surface area contributed by atoms with Gasteiger partial charge in [0.2, 0.25) is 0 Å². The molecule has 1 saturated carbocycles. The fourth-order valence-electron chi connectivity index (χ4n) is 2.75. The average Bonchev–Trinajstić information content (AvgIpc) is 3.31. The molecule has 23 heavy (non-hydrogen) atoms. The van der Waals surface area contributed by atoms with Gasteiger partial charge in [0.1, 0.15) is 5.82 Å². The number of pyridine rings is 1. The molecular formula is C15H21N3O4S. The quantitative estimate of drug-likeness (QED) is 0.898. The summed E-state index contributed by atoms with van der Waals surface area (Å²) in [6.07, 6.45) is 5.92. The van der Waals surface area contributed by atoms with E-state index in [2.05, 4.69) is 10.3 Å². The number of carbonyl (C=O) groups excluding carboxylic acids is 1. The van der Waals surface area contributed by atoms with Crippen LogP contribution in [0.5, 0.6) is 0 Å². The van der Waals surface area contributed by atoms with Crippen LogP contribution in [0.15, 0.2) is 23.2 Å². The number of ether oxygens (including phenoxy) is 1. The largest absolute Gasteiger partial charge is 0.377 e. The fourth-order valence-corrected chi connectivity index (χ4v) is 3.38. The van der Waals surface area contributed by atoms with Gasteiger partial charge in [-0.3, -0.25) is 5.32 Å². The number of sulfone groups is 1. The van der Waals surface area contributed by atoms with E-state index in [-0.39, 0.29) is 22.8 Å². The molecule has 1 N–H and O–H groups in total. The van der Waals surface area contributed by atoms with Gasteiger partial charge >= 0.3 is 6.03 Å². The zero-order valence-corrected chi connectivity index (χ0v) is 13.9. The molecule has 2 amide bonds. The number of hydrogen-bond acceptors (Lipinski definition) is 5. The van der Waals surface area contributed by atoms with Crippen molar-refractivity contribution >= 4 is 21.7 Å². The molecule has 2 aliphatic rings. The van der Waals surface area contributed by atoms with Crippen molar-refractivity contribution in [3.05, 3.63) is 18.3 Å². The van der Waals surface area contributed by atoms with Crippen molar-refractivity contribution in [3.63, 3.8) is 0 Å². The van der Waals surface area contributed by atoms with Crippen LogP contribution in [0.3, 0.4) is 0 Å². The topological polar surface area (TPSA) is 88.6 Å². The van der Waals surface area contributed by atoms with Crippen molar-refractivity contribution in [1.82, 2.24) is 9.88 Å². The minimum Gasteiger partial charge on any atom is -0.377 e. The minimum atomic E-state index is -3.33. The second kappa shape index (κ2) is 6.45. The number of amides is 2. The van der Waals surface area contributed by atoms with Crippen LogP contribution in [0, 0.1) is 5.92 Å². The highest BCUT2D eigenvalue weighted by Gasteiger charge is 2.33. The van der Waals surface area contributed by atoms with Crippen LogP contribution in [0.2, 0.25) is 0 Å². The summed E-state index contributed by atoms with van der Waals surface area (Å²) in [7, 11) is -3.33. The average molecular weight is 339 g/mol. The first-order valence-corrected chi connectivity index (χ1v) is 9.64. The maximum atomic E-state index is 12.5. The number of nitrogens with zero attached hydrogens (tertiary/aromatic N) is 2. The third kappa shape index (κ3) is 4.20. The number of nitrogens with one attached hydrogen (secondary N) is 1. The molecule has 0 bridgehead atoms. The summed E-state index contributed by atoms with van der Waals surface area (Å²) in [6, 6.07) is 2.62. The van der Waals surface area contributed by atoms with Crippen molar-refractivity contribution in [2.45, 2.75) is 30.2 Å². The van der Waals surface area contributed by atoms with Gasteiger partial charge in [0, 0.05) is 19.0 Å². The van der Waals surface area contributed by atoms with Crippen molar-refractivity contribution in [1.29, 1.82) is 0 Å². The van der Waals surface area contributed by atoms with Crippen LogP contribution in [0.4, 0.5) is 10.6 Å². The predicted molar refractivity (Wildman–Crippen MR) is 85.0 cm³/mol. The molecule has 7 nitrogen and oxygen atoms in total. The van der Waals surface area contributed by atoms with Gasteiger partial charge < -0.3 is 9.64 Å². The molecule has 1 unspecified atom stereocenters. The number of rotatable bonds is 4. The molecule has 3 rings (SSSR count). The van der Waals surface area contributed by atoms with Crippen LogP contribution >= 0.6 is 0 Å². The molecule has 0 aromatic carbocycles. The summed E-state index contributed by atoms with van der Waals surface area (Å²) >= 11 is 0. The number of morpholine rings is 1. The molecule has 2 fully saturated rings. The lowest BCUT2D eigenvalue weighted by atomic mass is 10.1. The summed E-state index contributed by atoms with van der Waals surface area (Å²) in [5, 5.41) is 2.70. The standard InChI is InChI=1S/C15H21N3O4S/c1-23(20,21)13-4-5-16-14(9-13)17-15(19)18-6-7-22-10-12(18)8-11-2-3-11/h4-5,9,11-12H,2-3,6-8,10H2,1H3,(H,16,17,19). The lowest BCUT2D eigenvalue weighted by molar-refractivity contribution is 0.0108. The SMILES string of the molecule is CS(=O)(=O)c1ccnc(NC(=O)N2CCOCC2CC2CC2)c1. The predicted octanol–water partition coefficient (Wildman–Crippen LogP) is 1.52. The van der Waals surface area contributed by atoms with Crippen molar-refractivity contribution in [2.24, 2.45) is 5.92 Å². The second-order valence-corrected chi connectivity index (χ2v) is 8.20.